The molecule has 21 heavy (non-hydrogen) atoms. The number of sulfonamides is 1. The van der Waals surface area contributed by atoms with Gasteiger partial charge in [-0.15, -0.1) is 0 Å². The highest BCUT2D eigenvalue weighted by Crippen LogP contribution is 2.30. The van der Waals surface area contributed by atoms with E-state index in [9.17, 15) is 17.6 Å². The molecular weight excluding hydrogens is 363 g/mol. The van der Waals surface area contributed by atoms with Crippen molar-refractivity contribution in [2.45, 2.75) is 24.3 Å². The van der Waals surface area contributed by atoms with Crippen LogP contribution in [0, 0.1) is 5.82 Å². The summed E-state index contributed by atoms with van der Waals surface area (Å²) in [5, 5.41) is 0. The molecule has 0 aliphatic carbocycles. The van der Waals surface area contributed by atoms with E-state index in [4.69, 9.17) is 0 Å². The molecular formula is C13H16BrFN2O3S. The molecule has 1 aliphatic rings. The van der Waals surface area contributed by atoms with E-state index in [1.807, 2.05) is 0 Å². The molecule has 8 heteroatoms. The van der Waals surface area contributed by atoms with Crippen molar-refractivity contribution in [2.75, 3.05) is 20.1 Å². The topological polar surface area (TPSA) is 57.7 Å². The number of amides is 1. The quantitative estimate of drug-likeness (QED) is 0.788. The predicted octanol–water partition coefficient (Wildman–Crippen LogP) is 1.83. The monoisotopic (exact) mass is 378 g/mol. The van der Waals surface area contributed by atoms with E-state index < -0.39 is 21.4 Å². The molecule has 0 aromatic heterocycles. The Morgan fingerprint density at radius 1 is 1.29 bits per heavy atom. The van der Waals surface area contributed by atoms with Gasteiger partial charge in [0.25, 0.3) is 0 Å². The minimum atomic E-state index is -3.94. The van der Waals surface area contributed by atoms with E-state index >= 15 is 0 Å². The molecule has 1 saturated heterocycles. The van der Waals surface area contributed by atoms with E-state index in [0.29, 0.717) is 6.54 Å². The standard InChI is InChI=1S/C13H16BrFN2O3S/c1-13(2)12(18)16(3)6-7-17(13)21(19,20)9-4-5-10(14)11(15)8-9/h4-5,8H,6-7H2,1-3H3. The first-order chi connectivity index (χ1) is 9.58. The number of likely N-dealkylation sites (N-methyl/N-ethyl adjacent to an activating group) is 1. The Morgan fingerprint density at radius 2 is 1.90 bits per heavy atom. The maximum atomic E-state index is 13.6. The van der Waals surface area contributed by atoms with Crippen molar-refractivity contribution >= 4 is 31.9 Å². The Hall–Kier alpha value is -0.990. The molecule has 2 rings (SSSR count). The van der Waals surface area contributed by atoms with E-state index in [1.54, 1.807) is 20.9 Å². The Morgan fingerprint density at radius 3 is 2.48 bits per heavy atom. The minimum absolute atomic E-state index is 0.159. The van der Waals surface area contributed by atoms with Crippen LogP contribution in [-0.4, -0.2) is 49.2 Å². The summed E-state index contributed by atoms with van der Waals surface area (Å²) < 4.78 is 40.3. The Balaban J connectivity index is 2.48. The molecule has 0 unspecified atom stereocenters. The first kappa shape index (κ1) is 16.4. The average Bonchev–Trinajstić information content (AvgIpc) is 2.38. The largest absolute Gasteiger partial charge is 0.343 e. The van der Waals surface area contributed by atoms with Crippen LogP contribution in [0.4, 0.5) is 4.39 Å². The molecule has 0 saturated carbocycles. The predicted molar refractivity (Wildman–Crippen MR) is 79.7 cm³/mol. The van der Waals surface area contributed by atoms with E-state index in [2.05, 4.69) is 15.9 Å². The molecule has 1 amide bonds. The van der Waals surface area contributed by atoms with Crippen LogP contribution in [0.25, 0.3) is 0 Å². The van der Waals surface area contributed by atoms with Crippen molar-refractivity contribution in [3.63, 3.8) is 0 Å². The third-order valence-corrected chi connectivity index (χ3v) is 6.32. The fraction of sp³-hybridized carbons (Fsp3) is 0.462. The summed E-state index contributed by atoms with van der Waals surface area (Å²) in [6.45, 7) is 3.59. The van der Waals surface area contributed by atoms with Crippen LogP contribution in [0.3, 0.4) is 0 Å². The fourth-order valence-corrected chi connectivity index (χ4v) is 4.38. The lowest BCUT2D eigenvalue weighted by Crippen LogP contribution is -2.63. The van der Waals surface area contributed by atoms with Gasteiger partial charge in [0.15, 0.2) is 0 Å². The molecule has 1 aromatic carbocycles. The Labute approximate surface area is 131 Å². The van der Waals surface area contributed by atoms with Crippen LogP contribution in [0.15, 0.2) is 27.6 Å². The van der Waals surface area contributed by atoms with Crippen molar-refractivity contribution in [2.24, 2.45) is 0 Å². The molecule has 0 atom stereocenters. The molecule has 116 valence electrons. The first-order valence-electron chi connectivity index (χ1n) is 6.32. The lowest BCUT2D eigenvalue weighted by Gasteiger charge is -2.43. The molecule has 1 aliphatic heterocycles. The Bertz CT molecular complexity index is 691. The van der Waals surface area contributed by atoms with Gasteiger partial charge in [0.1, 0.15) is 11.4 Å². The first-order valence-corrected chi connectivity index (χ1v) is 8.55. The smallest absolute Gasteiger partial charge is 0.244 e. The van der Waals surface area contributed by atoms with Gasteiger partial charge in [0.2, 0.25) is 15.9 Å². The summed E-state index contributed by atoms with van der Waals surface area (Å²) in [6, 6.07) is 3.62. The number of halogens is 2. The number of rotatable bonds is 2. The molecule has 0 spiro atoms. The average molecular weight is 379 g/mol. The molecule has 0 radical (unpaired) electrons. The van der Waals surface area contributed by atoms with Crippen molar-refractivity contribution in [3.8, 4) is 0 Å². The second-order valence-corrected chi connectivity index (χ2v) is 8.16. The second kappa shape index (κ2) is 5.33. The third-order valence-electron chi connectivity index (χ3n) is 3.61. The summed E-state index contributed by atoms with van der Waals surface area (Å²) in [7, 11) is -2.31. The summed E-state index contributed by atoms with van der Waals surface area (Å²) in [5.41, 5.74) is -1.20. The summed E-state index contributed by atoms with van der Waals surface area (Å²) >= 11 is 2.99. The summed E-state index contributed by atoms with van der Waals surface area (Å²) in [6.07, 6.45) is 0. The van der Waals surface area contributed by atoms with Gasteiger partial charge in [-0.1, -0.05) is 0 Å². The lowest BCUT2D eigenvalue weighted by molar-refractivity contribution is -0.142. The van der Waals surface area contributed by atoms with E-state index in [1.165, 1.54) is 17.0 Å². The molecule has 0 N–H and O–H groups in total. The summed E-state index contributed by atoms with van der Waals surface area (Å²) in [5.74, 6) is -0.941. The van der Waals surface area contributed by atoms with Gasteiger partial charge in [-0.05, 0) is 48.0 Å². The van der Waals surface area contributed by atoms with Gasteiger partial charge in [-0.2, -0.15) is 4.31 Å². The molecule has 0 bridgehead atoms. The Kier molecular flexibility index (Phi) is 4.16. The van der Waals surface area contributed by atoms with E-state index in [-0.39, 0.29) is 21.8 Å². The van der Waals surface area contributed by atoms with Gasteiger partial charge >= 0.3 is 0 Å². The van der Waals surface area contributed by atoms with Crippen molar-refractivity contribution in [3.05, 3.63) is 28.5 Å². The van der Waals surface area contributed by atoms with Gasteiger partial charge in [-0.3, -0.25) is 4.79 Å². The van der Waals surface area contributed by atoms with Gasteiger partial charge < -0.3 is 4.90 Å². The zero-order valence-corrected chi connectivity index (χ0v) is 14.3. The SMILES string of the molecule is CN1CCN(S(=O)(=O)c2ccc(Br)c(F)c2)C(C)(C)C1=O. The van der Waals surface area contributed by atoms with Crippen LogP contribution < -0.4 is 0 Å². The van der Waals surface area contributed by atoms with Crippen molar-refractivity contribution in [1.29, 1.82) is 0 Å². The maximum Gasteiger partial charge on any atom is 0.244 e. The molecule has 1 heterocycles. The van der Waals surface area contributed by atoms with Crippen LogP contribution in [0.2, 0.25) is 0 Å². The zero-order valence-electron chi connectivity index (χ0n) is 11.9. The van der Waals surface area contributed by atoms with Crippen molar-refractivity contribution in [1.82, 2.24) is 9.21 Å². The number of carbonyl (C=O) groups excluding carboxylic acids is 1. The number of piperazine rings is 1. The molecule has 1 fully saturated rings. The number of hydrogen-bond donors (Lipinski definition) is 0. The van der Waals surface area contributed by atoms with Gasteiger partial charge in [0, 0.05) is 20.1 Å². The highest BCUT2D eigenvalue weighted by atomic mass is 79.9. The highest BCUT2D eigenvalue weighted by Gasteiger charge is 2.46. The van der Waals surface area contributed by atoms with Crippen LogP contribution in [0.1, 0.15) is 13.8 Å². The van der Waals surface area contributed by atoms with Gasteiger partial charge in [0.05, 0.1) is 9.37 Å². The van der Waals surface area contributed by atoms with Crippen molar-refractivity contribution < 1.29 is 17.6 Å². The number of carbonyl (C=O) groups is 1. The maximum absolute atomic E-state index is 13.6. The highest BCUT2D eigenvalue weighted by molar-refractivity contribution is 9.10. The van der Waals surface area contributed by atoms with Gasteiger partial charge in [-0.25, -0.2) is 12.8 Å². The number of hydrogen-bond acceptors (Lipinski definition) is 3. The summed E-state index contributed by atoms with van der Waals surface area (Å²) in [4.78, 5) is 13.5. The number of benzene rings is 1. The van der Waals surface area contributed by atoms with Crippen LogP contribution >= 0.6 is 15.9 Å². The fourth-order valence-electron chi connectivity index (χ4n) is 2.38. The van der Waals surface area contributed by atoms with E-state index in [0.717, 1.165) is 10.4 Å². The zero-order chi connectivity index (χ0) is 16.0. The molecule has 5 nitrogen and oxygen atoms in total. The minimum Gasteiger partial charge on any atom is -0.343 e. The number of nitrogens with zero attached hydrogens (tertiary/aromatic N) is 2. The molecule has 1 aromatic rings. The normalized spacial score (nSPS) is 19.9. The van der Waals surface area contributed by atoms with Crippen LogP contribution in [0.5, 0.6) is 0 Å². The lowest BCUT2D eigenvalue weighted by atomic mass is 10.0. The third kappa shape index (κ3) is 2.72. The van der Waals surface area contributed by atoms with Crippen LogP contribution in [-0.2, 0) is 14.8 Å². The second-order valence-electron chi connectivity index (χ2n) is 5.44.